The lowest BCUT2D eigenvalue weighted by Gasteiger charge is -2.12. The number of fused-ring (bicyclic) bond motifs is 6. The molecule has 0 amide bonds. The second kappa shape index (κ2) is 10.4. The lowest BCUT2D eigenvalue weighted by atomic mass is 10.2. The maximum absolute atomic E-state index is 6.32. The van der Waals surface area contributed by atoms with E-state index in [1.54, 1.807) is 11.3 Å². The number of para-hydroxylation sites is 4. The molecule has 0 aliphatic carbocycles. The van der Waals surface area contributed by atoms with Gasteiger partial charge in [-0.05, 0) is 72.8 Å². The molecule has 0 aliphatic rings. The minimum absolute atomic E-state index is 0.691. The highest BCUT2D eigenvalue weighted by Gasteiger charge is 2.14. The fraction of sp³-hybridized carbons (Fsp3) is 0. The van der Waals surface area contributed by atoms with Crippen molar-refractivity contribution in [1.29, 1.82) is 0 Å². The van der Waals surface area contributed by atoms with Crippen molar-refractivity contribution < 1.29 is 9.47 Å². The summed E-state index contributed by atoms with van der Waals surface area (Å²) in [6.45, 7) is 0. The number of nitrogens with zero attached hydrogens (tertiary/aromatic N) is 2. The summed E-state index contributed by atoms with van der Waals surface area (Å²) in [4.78, 5) is 0. The van der Waals surface area contributed by atoms with Crippen LogP contribution in [0.3, 0.4) is 0 Å². The van der Waals surface area contributed by atoms with Crippen LogP contribution >= 0.6 is 11.3 Å². The van der Waals surface area contributed by atoms with E-state index in [1.807, 2.05) is 35.0 Å². The Bertz CT molecular complexity index is 2200. The molecule has 0 spiro atoms. The van der Waals surface area contributed by atoms with Crippen molar-refractivity contribution in [3.05, 3.63) is 156 Å². The molecule has 6 aromatic carbocycles. The van der Waals surface area contributed by atoms with Crippen LogP contribution in [0.5, 0.6) is 23.0 Å². The SMILES string of the molecule is c1ccc2c(c1)c1ccccc1n2-c1ccc(Oc2cscc2Oc2ccc(-n3c4ccccc4c4ccccc43)cc2)cc1. The molecule has 0 radical (unpaired) electrons. The molecule has 0 fully saturated rings. The Labute approximate surface area is 263 Å². The summed E-state index contributed by atoms with van der Waals surface area (Å²) in [6, 6.07) is 50.6. The molecule has 4 nitrogen and oxygen atoms in total. The molecule has 0 bridgehead atoms. The summed E-state index contributed by atoms with van der Waals surface area (Å²) in [5, 5.41) is 8.94. The van der Waals surface area contributed by atoms with Crippen molar-refractivity contribution in [2.45, 2.75) is 0 Å². The van der Waals surface area contributed by atoms with Crippen LogP contribution in [0.1, 0.15) is 0 Å². The molecule has 0 saturated carbocycles. The van der Waals surface area contributed by atoms with Crippen LogP contribution in [0.4, 0.5) is 0 Å². The van der Waals surface area contributed by atoms with Gasteiger partial charge in [0.15, 0.2) is 11.5 Å². The van der Waals surface area contributed by atoms with E-state index in [9.17, 15) is 0 Å². The minimum atomic E-state index is 0.691. The Kier molecular flexibility index (Phi) is 5.96. The van der Waals surface area contributed by atoms with Crippen molar-refractivity contribution in [2.75, 3.05) is 0 Å². The number of aromatic nitrogens is 2. The number of thiophene rings is 1. The van der Waals surface area contributed by atoms with Crippen LogP contribution in [0.25, 0.3) is 55.0 Å². The molecule has 0 atom stereocenters. The van der Waals surface area contributed by atoms with Gasteiger partial charge in [0.05, 0.1) is 22.1 Å². The Morgan fingerprint density at radius 1 is 0.356 bits per heavy atom. The zero-order valence-electron chi connectivity index (χ0n) is 24.1. The van der Waals surface area contributed by atoms with Gasteiger partial charge < -0.3 is 18.6 Å². The highest BCUT2D eigenvalue weighted by atomic mass is 32.1. The minimum Gasteiger partial charge on any atom is -0.453 e. The molecule has 0 saturated heterocycles. The van der Waals surface area contributed by atoms with E-state index in [4.69, 9.17) is 9.47 Å². The van der Waals surface area contributed by atoms with Crippen molar-refractivity contribution in [2.24, 2.45) is 0 Å². The summed E-state index contributed by atoms with van der Waals surface area (Å²) in [6.07, 6.45) is 0. The topological polar surface area (TPSA) is 28.3 Å². The van der Waals surface area contributed by atoms with Crippen LogP contribution in [0, 0.1) is 0 Å². The van der Waals surface area contributed by atoms with Crippen LogP contribution in [-0.4, -0.2) is 9.13 Å². The Hall–Kier alpha value is -5.78. The average molecular weight is 599 g/mol. The normalized spacial score (nSPS) is 11.6. The first-order chi connectivity index (χ1) is 22.3. The molecular weight excluding hydrogens is 573 g/mol. The molecule has 9 rings (SSSR count). The maximum atomic E-state index is 6.32. The van der Waals surface area contributed by atoms with E-state index < -0.39 is 0 Å². The Balaban J connectivity index is 0.977. The Morgan fingerprint density at radius 2 is 0.667 bits per heavy atom. The lowest BCUT2D eigenvalue weighted by Crippen LogP contribution is -1.94. The fourth-order valence-corrected chi connectivity index (χ4v) is 7.05. The van der Waals surface area contributed by atoms with Gasteiger partial charge in [-0.1, -0.05) is 72.8 Å². The summed E-state index contributed by atoms with van der Waals surface area (Å²) < 4.78 is 17.2. The van der Waals surface area contributed by atoms with Gasteiger partial charge in [0, 0.05) is 43.7 Å². The molecule has 3 aromatic heterocycles. The predicted molar refractivity (Wildman–Crippen MR) is 186 cm³/mol. The van der Waals surface area contributed by atoms with Crippen LogP contribution in [0.15, 0.2) is 156 Å². The molecule has 45 heavy (non-hydrogen) atoms. The molecule has 3 heterocycles. The monoisotopic (exact) mass is 598 g/mol. The van der Waals surface area contributed by atoms with Crippen LogP contribution in [-0.2, 0) is 0 Å². The van der Waals surface area contributed by atoms with Crippen LogP contribution < -0.4 is 9.47 Å². The van der Waals surface area contributed by atoms with Gasteiger partial charge in [0.2, 0.25) is 0 Å². The standard InChI is InChI=1S/C40H26N2O2S/c1-5-13-35-31(9-1)32-10-2-6-14-36(32)41(35)27-17-21-29(22-18-27)43-39-25-45-26-40(39)44-30-23-19-28(20-24-30)42-37-15-7-3-11-33(37)34-12-4-8-16-38(34)42/h1-26H. The highest BCUT2D eigenvalue weighted by molar-refractivity contribution is 7.08. The van der Waals surface area contributed by atoms with Gasteiger partial charge in [-0.25, -0.2) is 0 Å². The third-order valence-corrected chi connectivity index (χ3v) is 9.10. The number of hydrogen-bond donors (Lipinski definition) is 0. The van der Waals surface area contributed by atoms with Gasteiger partial charge in [0.1, 0.15) is 11.5 Å². The third-order valence-electron chi connectivity index (χ3n) is 8.40. The lowest BCUT2D eigenvalue weighted by molar-refractivity contribution is 0.422. The smallest absolute Gasteiger partial charge is 0.180 e. The van der Waals surface area contributed by atoms with E-state index in [0.29, 0.717) is 11.5 Å². The molecule has 0 N–H and O–H groups in total. The van der Waals surface area contributed by atoms with Crippen LogP contribution in [0.2, 0.25) is 0 Å². The van der Waals surface area contributed by atoms with Gasteiger partial charge in [-0.15, -0.1) is 11.3 Å². The van der Waals surface area contributed by atoms with Gasteiger partial charge in [0.25, 0.3) is 0 Å². The number of rotatable bonds is 6. The first kappa shape index (κ1) is 25.7. The molecule has 9 aromatic rings. The molecule has 5 heteroatoms. The second-order valence-electron chi connectivity index (χ2n) is 11.0. The van der Waals surface area contributed by atoms with Crippen molar-refractivity contribution >= 4 is 54.9 Å². The maximum Gasteiger partial charge on any atom is 0.180 e. The molecule has 0 aliphatic heterocycles. The quantitative estimate of drug-likeness (QED) is 0.190. The first-order valence-electron chi connectivity index (χ1n) is 14.9. The number of ether oxygens (including phenoxy) is 2. The fourth-order valence-electron chi connectivity index (χ4n) is 6.40. The second-order valence-corrected chi connectivity index (χ2v) is 11.8. The number of benzene rings is 6. The van der Waals surface area contributed by atoms with E-state index in [-0.39, 0.29) is 0 Å². The third kappa shape index (κ3) is 4.28. The largest absolute Gasteiger partial charge is 0.453 e. The molecule has 0 unspecified atom stereocenters. The zero-order chi connectivity index (χ0) is 29.7. The highest BCUT2D eigenvalue weighted by Crippen LogP contribution is 2.39. The summed E-state index contributed by atoms with van der Waals surface area (Å²) in [5.41, 5.74) is 6.92. The van der Waals surface area contributed by atoms with Crippen molar-refractivity contribution in [3.8, 4) is 34.4 Å². The van der Waals surface area contributed by atoms with Crippen molar-refractivity contribution in [1.82, 2.24) is 9.13 Å². The van der Waals surface area contributed by atoms with Gasteiger partial charge in [-0.2, -0.15) is 0 Å². The Morgan fingerprint density at radius 3 is 1.00 bits per heavy atom. The molecule has 214 valence electrons. The molecular formula is C40H26N2O2S. The predicted octanol–water partition coefficient (Wildman–Crippen LogP) is 11.5. The van der Waals surface area contributed by atoms with E-state index >= 15 is 0 Å². The summed E-state index contributed by atoms with van der Waals surface area (Å²) in [5.74, 6) is 2.89. The van der Waals surface area contributed by atoms with Crippen molar-refractivity contribution in [3.63, 3.8) is 0 Å². The number of hydrogen-bond acceptors (Lipinski definition) is 3. The summed E-state index contributed by atoms with van der Waals surface area (Å²) in [7, 11) is 0. The van der Waals surface area contributed by atoms with E-state index in [2.05, 4.69) is 130 Å². The van der Waals surface area contributed by atoms with Gasteiger partial charge >= 0.3 is 0 Å². The van der Waals surface area contributed by atoms with Gasteiger partial charge in [-0.3, -0.25) is 0 Å². The van der Waals surface area contributed by atoms with E-state index in [0.717, 1.165) is 22.9 Å². The first-order valence-corrected chi connectivity index (χ1v) is 15.9. The zero-order valence-corrected chi connectivity index (χ0v) is 24.9. The summed E-state index contributed by atoms with van der Waals surface area (Å²) >= 11 is 1.55. The average Bonchev–Trinajstić information content (AvgIpc) is 3.78. The van der Waals surface area contributed by atoms with E-state index in [1.165, 1.54) is 43.6 Å².